The number of nitrogens with zero attached hydrogens (tertiary/aromatic N) is 2. The molecule has 6 nitrogen and oxygen atoms in total. The SMILES string of the molecule is CC(=O)N1CCN(C(=O)[C@@H]2[C@H](C(=O)O)C2(C)C)CC1. The van der Waals surface area contributed by atoms with Crippen LogP contribution >= 0.6 is 0 Å². The van der Waals surface area contributed by atoms with Crippen LogP contribution in [0.5, 0.6) is 0 Å². The highest BCUT2D eigenvalue weighted by atomic mass is 16.4. The number of hydrogen-bond donors (Lipinski definition) is 1. The van der Waals surface area contributed by atoms with Crippen LogP contribution in [0.3, 0.4) is 0 Å². The van der Waals surface area contributed by atoms with E-state index in [1.807, 2.05) is 13.8 Å². The number of amides is 2. The van der Waals surface area contributed by atoms with Crippen molar-refractivity contribution < 1.29 is 19.5 Å². The van der Waals surface area contributed by atoms with Crippen molar-refractivity contribution in [3.63, 3.8) is 0 Å². The van der Waals surface area contributed by atoms with E-state index in [1.165, 1.54) is 6.92 Å². The normalized spacial score (nSPS) is 29.0. The number of carbonyl (C=O) groups is 3. The number of aliphatic carboxylic acids is 1. The Bertz CT molecular complexity index is 424. The fourth-order valence-electron chi connectivity index (χ4n) is 3.00. The van der Waals surface area contributed by atoms with E-state index in [2.05, 4.69) is 0 Å². The van der Waals surface area contributed by atoms with Gasteiger partial charge < -0.3 is 14.9 Å². The summed E-state index contributed by atoms with van der Waals surface area (Å²) in [6.07, 6.45) is 0. The highest BCUT2D eigenvalue weighted by Gasteiger charge is 2.66. The number of carbonyl (C=O) groups excluding carboxylic acids is 2. The third kappa shape index (κ3) is 2.31. The van der Waals surface area contributed by atoms with E-state index in [1.54, 1.807) is 9.80 Å². The van der Waals surface area contributed by atoms with Crippen LogP contribution in [0.4, 0.5) is 0 Å². The molecule has 2 aliphatic rings. The molecule has 0 aromatic carbocycles. The maximum absolute atomic E-state index is 12.3. The van der Waals surface area contributed by atoms with Crippen molar-refractivity contribution in [2.24, 2.45) is 17.3 Å². The number of piperazine rings is 1. The van der Waals surface area contributed by atoms with Crippen LogP contribution in [0.1, 0.15) is 20.8 Å². The predicted molar refractivity (Wildman–Crippen MR) is 67.2 cm³/mol. The fourth-order valence-corrected chi connectivity index (χ4v) is 3.00. The summed E-state index contributed by atoms with van der Waals surface area (Å²) in [5, 5.41) is 9.10. The first-order valence-corrected chi connectivity index (χ1v) is 6.54. The van der Waals surface area contributed by atoms with Crippen molar-refractivity contribution in [3.05, 3.63) is 0 Å². The van der Waals surface area contributed by atoms with Crippen molar-refractivity contribution in [2.45, 2.75) is 20.8 Å². The molecule has 1 heterocycles. The number of hydrogen-bond acceptors (Lipinski definition) is 3. The molecule has 0 radical (unpaired) electrons. The van der Waals surface area contributed by atoms with Crippen LogP contribution in [0.2, 0.25) is 0 Å². The van der Waals surface area contributed by atoms with Gasteiger partial charge in [-0.3, -0.25) is 14.4 Å². The summed E-state index contributed by atoms with van der Waals surface area (Å²) in [7, 11) is 0. The summed E-state index contributed by atoms with van der Waals surface area (Å²) >= 11 is 0. The zero-order valence-electron chi connectivity index (χ0n) is 11.5. The van der Waals surface area contributed by atoms with Crippen molar-refractivity contribution in [3.8, 4) is 0 Å². The number of carboxylic acid groups (broad SMARTS) is 1. The second kappa shape index (κ2) is 4.51. The molecular weight excluding hydrogens is 248 g/mol. The Morgan fingerprint density at radius 1 is 1.00 bits per heavy atom. The van der Waals surface area contributed by atoms with Gasteiger partial charge in [0.05, 0.1) is 11.8 Å². The smallest absolute Gasteiger partial charge is 0.307 e. The lowest BCUT2D eigenvalue weighted by Crippen LogP contribution is -2.50. The van der Waals surface area contributed by atoms with Gasteiger partial charge in [-0.2, -0.15) is 0 Å². The van der Waals surface area contributed by atoms with Gasteiger partial charge in [-0.05, 0) is 5.41 Å². The van der Waals surface area contributed by atoms with Gasteiger partial charge in [-0.25, -0.2) is 0 Å². The summed E-state index contributed by atoms with van der Waals surface area (Å²) < 4.78 is 0. The van der Waals surface area contributed by atoms with Gasteiger partial charge in [-0.1, -0.05) is 13.8 Å². The largest absolute Gasteiger partial charge is 0.481 e. The fraction of sp³-hybridized carbons (Fsp3) is 0.769. The average Bonchev–Trinajstić information content (AvgIpc) is 2.91. The molecule has 0 aromatic rings. The maximum Gasteiger partial charge on any atom is 0.307 e. The molecule has 2 amide bonds. The molecule has 2 rings (SSSR count). The number of rotatable bonds is 2. The van der Waals surface area contributed by atoms with Crippen molar-refractivity contribution in [2.75, 3.05) is 26.2 Å². The van der Waals surface area contributed by atoms with Crippen LogP contribution in [-0.4, -0.2) is 58.9 Å². The highest BCUT2D eigenvalue weighted by molar-refractivity contribution is 5.91. The van der Waals surface area contributed by atoms with Crippen LogP contribution in [0, 0.1) is 17.3 Å². The minimum atomic E-state index is -0.897. The van der Waals surface area contributed by atoms with Gasteiger partial charge in [0.1, 0.15) is 0 Å². The molecule has 2 fully saturated rings. The summed E-state index contributed by atoms with van der Waals surface area (Å²) in [5.41, 5.74) is -0.458. The van der Waals surface area contributed by atoms with Gasteiger partial charge in [0, 0.05) is 33.1 Å². The molecule has 1 saturated carbocycles. The van der Waals surface area contributed by atoms with Crippen molar-refractivity contribution >= 4 is 17.8 Å². The Kier molecular flexibility index (Phi) is 3.28. The average molecular weight is 268 g/mol. The van der Waals surface area contributed by atoms with E-state index >= 15 is 0 Å². The third-order valence-electron chi connectivity index (χ3n) is 4.40. The standard InChI is InChI=1S/C13H20N2O4/c1-8(16)14-4-6-15(7-5-14)11(17)9-10(12(18)19)13(9,2)3/h9-10H,4-7H2,1-3H3,(H,18,19)/t9-,10+/m0/s1. The second-order valence-electron chi connectivity index (χ2n) is 5.95. The van der Waals surface area contributed by atoms with Crippen LogP contribution in [-0.2, 0) is 14.4 Å². The molecule has 1 aliphatic carbocycles. The van der Waals surface area contributed by atoms with E-state index in [-0.39, 0.29) is 11.8 Å². The quantitative estimate of drug-likeness (QED) is 0.766. The van der Waals surface area contributed by atoms with Gasteiger partial charge in [-0.15, -0.1) is 0 Å². The van der Waals surface area contributed by atoms with E-state index in [0.717, 1.165) is 0 Å². The molecule has 0 aromatic heterocycles. The van der Waals surface area contributed by atoms with Crippen molar-refractivity contribution in [1.29, 1.82) is 0 Å². The molecule has 106 valence electrons. The summed E-state index contributed by atoms with van der Waals surface area (Å²) in [6.45, 7) is 7.22. The summed E-state index contributed by atoms with van der Waals surface area (Å²) in [5.74, 6) is -1.96. The van der Waals surface area contributed by atoms with Crippen LogP contribution in [0.25, 0.3) is 0 Å². The summed E-state index contributed by atoms with van der Waals surface area (Å²) in [4.78, 5) is 38.0. The van der Waals surface area contributed by atoms with Gasteiger partial charge in [0.25, 0.3) is 0 Å². The Balaban J connectivity index is 1.96. The monoisotopic (exact) mass is 268 g/mol. The molecule has 0 spiro atoms. The van der Waals surface area contributed by atoms with E-state index in [9.17, 15) is 14.4 Å². The molecule has 1 saturated heterocycles. The Labute approximate surface area is 112 Å². The molecule has 1 aliphatic heterocycles. The third-order valence-corrected chi connectivity index (χ3v) is 4.40. The maximum atomic E-state index is 12.3. The second-order valence-corrected chi connectivity index (χ2v) is 5.95. The minimum Gasteiger partial charge on any atom is -0.481 e. The van der Waals surface area contributed by atoms with Crippen LogP contribution in [0.15, 0.2) is 0 Å². The lowest BCUT2D eigenvalue weighted by molar-refractivity contribution is -0.143. The first-order valence-electron chi connectivity index (χ1n) is 6.54. The zero-order chi connectivity index (χ0) is 14.4. The van der Waals surface area contributed by atoms with Crippen molar-refractivity contribution in [1.82, 2.24) is 9.80 Å². The lowest BCUT2D eigenvalue weighted by Gasteiger charge is -2.34. The molecular formula is C13H20N2O4. The van der Waals surface area contributed by atoms with Gasteiger partial charge >= 0.3 is 5.97 Å². The lowest BCUT2D eigenvalue weighted by atomic mass is 10.1. The van der Waals surface area contributed by atoms with E-state index < -0.39 is 23.2 Å². The first kappa shape index (κ1) is 13.8. The minimum absolute atomic E-state index is 0.0160. The molecule has 0 unspecified atom stereocenters. The topological polar surface area (TPSA) is 77.9 Å². The number of carboxylic acids is 1. The highest BCUT2D eigenvalue weighted by Crippen LogP contribution is 2.59. The van der Waals surface area contributed by atoms with Gasteiger partial charge in [0.15, 0.2) is 0 Å². The molecule has 19 heavy (non-hydrogen) atoms. The zero-order valence-corrected chi connectivity index (χ0v) is 11.5. The van der Waals surface area contributed by atoms with Gasteiger partial charge in [0.2, 0.25) is 11.8 Å². The molecule has 2 atom stereocenters. The van der Waals surface area contributed by atoms with Crippen LogP contribution < -0.4 is 0 Å². The first-order chi connectivity index (χ1) is 8.76. The molecule has 1 N–H and O–H groups in total. The van der Waals surface area contributed by atoms with E-state index in [4.69, 9.17) is 5.11 Å². The Morgan fingerprint density at radius 3 is 1.84 bits per heavy atom. The summed E-state index contributed by atoms with van der Waals surface area (Å²) in [6, 6.07) is 0. The van der Waals surface area contributed by atoms with E-state index in [0.29, 0.717) is 26.2 Å². The Morgan fingerprint density at radius 2 is 1.47 bits per heavy atom. The Hall–Kier alpha value is -1.59. The molecule has 0 bridgehead atoms. The molecule has 6 heteroatoms. The predicted octanol–water partition coefficient (Wildman–Crippen LogP) is 0.0339.